The van der Waals surface area contributed by atoms with Crippen molar-refractivity contribution >= 4 is 33.2 Å². The zero-order valence-electron chi connectivity index (χ0n) is 17.6. The van der Waals surface area contributed by atoms with E-state index < -0.39 is 15.9 Å². The lowest BCUT2D eigenvalue weighted by Crippen LogP contribution is -2.28. The third-order valence-corrected chi connectivity index (χ3v) is 7.89. The maximum Gasteiger partial charge on any atom is 0.243 e. The topological polar surface area (TPSA) is 86.8 Å². The average Bonchev–Trinajstić information content (AvgIpc) is 3.45. The van der Waals surface area contributed by atoms with Gasteiger partial charge in [-0.3, -0.25) is 9.59 Å². The minimum atomic E-state index is -3.48. The van der Waals surface area contributed by atoms with Crippen LogP contribution < -0.4 is 10.2 Å². The summed E-state index contributed by atoms with van der Waals surface area (Å²) >= 11 is 0. The predicted molar refractivity (Wildman–Crippen MR) is 119 cm³/mol. The van der Waals surface area contributed by atoms with E-state index in [-0.39, 0.29) is 23.1 Å². The van der Waals surface area contributed by atoms with Crippen LogP contribution in [0.5, 0.6) is 0 Å². The maximum absolute atomic E-state index is 12.7. The van der Waals surface area contributed by atoms with Gasteiger partial charge in [0, 0.05) is 37.4 Å². The third kappa shape index (κ3) is 4.50. The summed E-state index contributed by atoms with van der Waals surface area (Å²) in [6.07, 6.45) is 2.85. The van der Waals surface area contributed by atoms with Gasteiger partial charge >= 0.3 is 0 Å². The number of hydrogen-bond acceptors (Lipinski definition) is 4. The molecule has 2 fully saturated rings. The van der Waals surface area contributed by atoms with Crippen LogP contribution in [-0.4, -0.2) is 44.2 Å². The number of anilines is 2. The number of nitrogens with one attached hydrogen (secondary N) is 1. The van der Waals surface area contributed by atoms with Crippen LogP contribution in [0.3, 0.4) is 0 Å². The summed E-state index contributed by atoms with van der Waals surface area (Å²) in [5, 5.41) is 2.82. The molecular formula is C23H27N3O4S. The van der Waals surface area contributed by atoms with E-state index in [9.17, 15) is 18.0 Å². The summed E-state index contributed by atoms with van der Waals surface area (Å²) in [4.78, 5) is 27.0. The number of carbonyl (C=O) groups is 2. The smallest absolute Gasteiger partial charge is 0.243 e. The maximum atomic E-state index is 12.7. The van der Waals surface area contributed by atoms with Crippen LogP contribution in [0.2, 0.25) is 0 Å². The number of amides is 2. The van der Waals surface area contributed by atoms with Crippen molar-refractivity contribution in [1.82, 2.24) is 4.31 Å². The highest BCUT2D eigenvalue weighted by Gasteiger charge is 2.35. The molecule has 0 radical (unpaired) electrons. The van der Waals surface area contributed by atoms with Crippen LogP contribution in [0.25, 0.3) is 0 Å². The van der Waals surface area contributed by atoms with Gasteiger partial charge in [-0.1, -0.05) is 19.1 Å². The summed E-state index contributed by atoms with van der Waals surface area (Å²) in [6.45, 7) is 3.50. The fraction of sp³-hybridized carbons (Fsp3) is 0.391. The van der Waals surface area contributed by atoms with Crippen LogP contribution in [0, 0.1) is 5.92 Å². The normalized spacial score (nSPS) is 19.7. The van der Waals surface area contributed by atoms with E-state index in [0.717, 1.165) is 24.9 Å². The Balaban J connectivity index is 1.39. The van der Waals surface area contributed by atoms with Gasteiger partial charge in [-0.15, -0.1) is 0 Å². The molecule has 2 aromatic rings. The molecular weight excluding hydrogens is 414 g/mol. The van der Waals surface area contributed by atoms with E-state index in [1.165, 1.54) is 22.0 Å². The van der Waals surface area contributed by atoms with Gasteiger partial charge in [-0.05, 0) is 61.2 Å². The van der Waals surface area contributed by atoms with Gasteiger partial charge in [-0.25, -0.2) is 8.42 Å². The Hall–Kier alpha value is -2.71. The van der Waals surface area contributed by atoms with E-state index >= 15 is 0 Å². The number of carbonyl (C=O) groups excluding carboxylic acids is 2. The monoisotopic (exact) mass is 441 g/mol. The summed E-state index contributed by atoms with van der Waals surface area (Å²) in [7, 11) is -3.48. The second-order valence-electron chi connectivity index (χ2n) is 8.05. The van der Waals surface area contributed by atoms with Crippen molar-refractivity contribution in [3.63, 3.8) is 0 Å². The summed E-state index contributed by atoms with van der Waals surface area (Å²) in [6, 6.07) is 14.0. The number of hydrogen-bond donors (Lipinski definition) is 1. The lowest BCUT2D eigenvalue weighted by atomic mass is 10.1. The summed E-state index contributed by atoms with van der Waals surface area (Å²) in [5.74, 6) is -0.765. The quantitative estimate of drug-likeness (QED) is 0.747. The molecule has 31 heavy (non-hydrogen) atoms. The standard InChI is InChI=1S/C23H27N3O4S/c1-2-17-5-9-20(10-6-17)26-16-18(15-22(26)27)23(28)24-19-7-11-21(12-8-19)31(29,30)25-13-3-4-14-25/h5-12,18H,2-4,13-16H2,1H3,(H,24,28)/t18-/m0/s1. The molecule has 0 saturated carbocycles. The zero-order valence-corrected chi connectivity index (χ0v) is 18.4. The van der Waals surface area contributed by atoms with Crippen molar-refractivity contribution in [2.75, 3.05) is 29.9 Å². The molecule has 2 saturated heterocycles. The SMILES string of the molecule is CCc1ccc(N2C[C@@H](C(=O)Nc3ccc(S(=O)(=O)N4CCCC4)cc3)CC2=O)cc1. The van der Waals surface area contributed by atoms with Crippen molar-refractivity contribution in [3.8, 4) is 0 Å². The van der Waals surface area contributed by atoms with Crippen LogP contribution in [0.4, 0.5) is 11.4 Å². The zero-order chi connectivity index (χ0) is 22.0. The van der Waals surface area contributed by atoms with E-state index in [2.05, 4.69) is 12.2 Å². The van der Waals surface area contributed by atoms with E-state index in [4.69, 9.17) is 0 Å². The molecule has 2 aliphatic rings. The number of aryl methyl sites for hydroxylation is 1. The first-order valence-electron chi connectivity index (χ1n) is 10.7. The Labute approximate surface area is 183 Å². The molecule has 1 atom stereocenters. The van der Waals surface area contributed by atoms with Gasteiger partial charge < -0.3 is 10.2 Å². The van der Waals surface area contributed by atoms with E-state index in [1.807, 2.05) is 24.3 Å². The minimum Gasteiger partial charge on any atom is -0.326 e. The molecule has 2 heterocycles. The Kier molecular flexibility index (Phi) is 6.11. The molecule has 0 unspecified atom stereocenters. The van der Waals surface area contributed by atoms with Gasteiger partial charge in [0.05, 0.1) is 10.8 Å². The lowest BCUT2D eigenvalue weighted by Gasteiger charge is -2.17. The molecule has 2 aromatic carbocycles. The van der Waals surface area contributed by atoms with Crippen molar-refractivity contribution in [3.05, 3.63) is 54.1 Å². The molecule has 1 N–H and O–H groups in total. The summed E-state index contributed by atoms with van der Waals surface area (Å²) in [5.41, 5.74) is 2.51. The molecule has 4 rings (SSSR count). The fourth-order valence-electron chi connectivity index (χ4n) is 4.08. The highest BCUT2D eigenvalue weighted by atomic mass is 32.2. The number of sulfonamides is 1. The van der Waals surface area contributed by atoms with Crippen molar-refractivity contribution < 1.29 is 18.0 Å². The Bertz CT molecular complexity index is 1060. The first kappa shape index (κ1) is 21.5. The summed E-state index contributed by atoms with van der Waals surface area (Å²) < 4.78 is 26.7. The van der Waals surface area contributed by atoms with Crippen molar-refractivity contribution in [2.24, 2.45) is 5.92 Å². The van der Waals surface area contributed by atoms with Gasteiger partial charge in [0.1, 0.15) is 0 Å². The highest BCUT2D eigenvalue weighted by molar-refractivity contribution is 7.89. The van der Waals surface area contributed by atoms with Crippen LogP contribution in [0.15, 0.2) is 53.4 Å². The molecule has 164 valence electrons. The van der Waals surface area contributed by atoms with Gasteiger partial charge in [-0.2, -0.15) is 4.31 Å². The Morgan fingerprint density at radius 1 is 1.03 bits per heavy atom. The molecule has 2 amide bonds. The Morgan fingerprint density at radius 2 is 1.68 bits per heavy atom. The predicted octanol–water partition coefficient (Wildman–Crippen LogP) is 3.03. The van der Waals surface area contributed by atoms with Crippen molar-refractivity contribution in [1.29, 1.82) is 0 Å². The molecule has 8 heteroatoms. The highest BCUT2D eigenvalue weighted by Crippen LogP contribution is 2.27. The molecule has 7 nitrogen and oxygen atoms in total. The van der Waals surface area contributed by atoms with Gasteiger partial charge in [0.15, 0.2) is 0 Å². The average molecular weight is 442 g/mol. The molecule has 0 aromatic heterocycles. The first-order chi connectivity index (χ1) is 14.9. The largest absolute Gasteiger partial charge is 0.326 e. The second kappa shape index (κ2) is 8.80. The second-order valence-corrected chi connectivity index (χ2v) is 9.99. The minimum absolute atomic E-state index is 0.0727. The van der Waals surface area contributed by atoms with Crippen LogP contribution >= 0.6 is 0 Å². The van der Waals surface area contributed by atoms with E-state index in [1.54, 1.807) is 17.0 Å². The lowest BCUT2D eigenvalue weighted by molar-refractivity contribution is -0.122. The number of benzene rings is 2. The van der Waals surface area contributed by atoms with Crippen LogP contribution in [-0.2, 0) is 26.0 Å². The first-order valence-corrected chi connectivity index (χ1v) is 12.1. The molecule has 0 spiro atoms. The third-order valence-electron chi connectivity index (χ3n) is 5.98. The molecule has 0 aliphatic carbocycles. The Morgan fingerprint density at radius 3 is 2.29 bits per heavy atom. The van der Waals surface area contributed by atoms with Crippen LogP contribution in [0.1, 0.15) is 31.7 Å². The number of nitrogens with zero attached hydrogens (tertiary/aromatic N) is 2. The molecule has 2 aliphatic heterocycles. The fourth-order valence-corrected chi connectivity index (χ4v) is 5.59. The molecule has 0 bridgehead atoms. The number of rotatable bonds is 6. The van der Waals surface area contributed by atoms with Gasteiger partial charge in [0.25, 0.3) is 0 Å². The van der Waals surface area contributed by atoms with Crippen molar-refractivity contribution in [2.45, 2.75) is 37.5 Å². The van der Waals surface area contributed by atoms with E-state index in [0.29, 0.717) is 25.3 Å². The van der Waals surface area contributed by atoms with Gasteiger partial charge in [0.2, 0.25) is 21.8 Å².